The van der Waals surface area contributed by atoms with Gasteiger partial charge < -0.3 is 14.2 Å². The molecular weight excluding hydrogens is 468 g/mol. The standard InChI is InChI=1S/C22H21BrN2O6/c1-4-30-18-12-14(11-17(23)19(18)31-13(2)22(28)29-3)10-16-20(26)24-25(21(16)27)15-8-6-5-7-9-15/h5-13H,4H2,1-3H3,(H,24,26)/b16-10-/t13-/m1/s1. The van der Waals surface area contributed by atoms with Crippen molar-refractivity contribution in [2.45, 2.75) is 20.0 Å². The maximum absolute atomic E-state index is 12.8. The van der Waals surface area contributed by atoms with Crippen molar-refractivity contribution in [3.63, 3.8) is 0 Å². The molecule has 1 aliphatic rings. The lowest BCUT2D eigenvalue weighted by atomic mass is 10.1. The van der Waals surface area contributed by atoms with Crippen molar-refractivity contribution in [3.8, 4) is 11.5 Å². The zero-order valence-electron chi connectivity index (χ0n) is 17.2. The first-order valence-electron chi connectivity index (χ1n) is 9.48. The van der Waals surface area contributed by atoms with E-state index in [2.05, 4.69) is 21.4 Å². The Morgan fingerprint density at radius 1 is 1.23 bits per heavy atom. The maximum Gasteiger partial charge on any atom is 0.346 e. The smallest absolute Gasteiger partial charge is 0.346 e. The minimum atomic E-state index is -0.855. The van der Waals surface area contributed by atoms with E-state index in [1.54, 1.807) is 50.2 Å². The number of esters is 1. The molecule has 1 aliphatic heterocycles. The van der Waals surface area contributed by atoms with Crippen LogP contribution >= 0.6 is 15.9 Å². The topological polar surface area (TPSA) is 94.2 Å². The Labute approximate surface area is 187 Å². The molecule has 0 bridgehead atoms. The molecule has 162 valence electrons. The number of carbonyl (C=O) groups is 3. The van der Waals surface area contributed by atoms with Gasteiger partial charge in [-0.15, -0.1) is 0 Å². The molecule has 1 fully saturated rings. The minimum absolute atomic E-state index is 0.0187. The second kappa shape index (κ2) is 9.65. The number of ether oxygens (including phenoxy) is 3. The molecule has 0 radical (unpaired) electrons. The molecule has 2 aromatic rings. The molecule has 1 heterocycles. The van der Waals surface area contributed by atoms with E-state index in [9.17, 15) is 14.4 Å². The summed E-state index contributed by atoms with van der Waals surface area (Å²) >= 11 is 3.41. The quantitative estimate of drug-likeness (QED) is 0.365. The number of nitrogens with one attached hydrogen (secondary N) is 1. The van der Waals surface area contributed by atoms with Crippen molar-refractivity contribution >= 4 is 45.5 Å². The van der Waals surface area contributed by atoms with Gasteiger partial charge in [-0.1, -0.05) is 18.2 Å². The SMILES string of the molecule is CCOc1cc(/C=C2/C(=O)NN(c3ccccc3)C2=O)cc(Br)c1O[C@H](C)C(=O)OC. The van der Waals surface area contributed by atoms with Gasteiger partial charge in [0.05, 0.1) is 23.9 Å². The molecule has 1 saturated heterocycles. The highest BCUT2D eigenvalue weighted by atomic mass is 79.9. The number of carbonyl (C=O) groups excluding carboxylic acids is 3. The van der Waals surface area contributed by atoms with Crippen LogP contribution in [0.15, 0.2) is 52.5 Å². The fourth-order valence-electron chi connectivity index (χ4n) is 2.92. The average Bonchev–Trinajstić information content (AvgIpc) is 3.04. The van der Waals surface area contributed by atoms with Gasteiger partial charge in [-0.2, -0.15) is 0 Å². The first-order chi connectivity index (χ1) is 14.8. The van der Waals surface area contributed by atoms with Gasteiger partial charge in [0, 0.05) is 0 Å². The Balaban J connectivity index is 1.94. The van der Waals surface area contributed by atoms with Crippen LogP contribution in [0.25, 0.3) is 6.08 Å². The average molecular weight is 489 g/mol. The van der Waals surface area contributed by atoms with Crippen LogP contribution < -0.4 is 19.9 Å². The van der Waals surface area contributed by atoms with E-state index in [4.69, 9.17) is 14.2 Å². The highest BCUT2D eigenvalue weighted by Gasteiger charge is 2.34. The van der Waals surface area contributed by atoms with Crippen molar-refractivity contribution in [2.24, 2.45) is 0 Å². The second-order valence-corrected chi connectivity index (χ2v) is 7.38. The molecule has 8 nitrogen and oxygen atoms in total. The summed E-state index contributed by atoms with van der Waals surface area (Å²) < 4.78 is 16.5. The Bertz CT molecular complexity index is 1040. The number of hydrogen-bond acceptors (Lipinski definition) is 6. The molecule has 0 unspecified atom stereocenters. The van der Waals surface area contributed by atoms with Gasteiger partial charge in [0.25, 0.3) is 11.8 Å². The summed E-state index contributed by atoms with van der Waals surface area (Å²) in [6.45, 7) is 3.71. The van der Waals surface area contributed by atoms with Gasteiger partial charge in [0.2, 0.25) is 0 Å². The van der Waals surface area contributed by atoms with Gasteiger partial charge in [-0.25, -0.2) is 9.80 Å². The molecule has 3 rings (SSSR count). The van der Waals surface area contributed by atoms with E-state index in [1.807, 2.05) is 6.07 Å². The van der Waals surface area contributed by atoms with Gasteiger partial charge in [0.15, 0.2) is 17.6 Å². The van der Waals surface area contributed by atoms with Crippen LogP contribution in [0.5, 0.6) is 11.5 Å². The second-order valence-electron chi connectivity index (χ2n) is 6.52. The third-order valence-electron chi connectivity index (χ3n) is 4.38. The summed E-state index contributed by atoms with van der Waals surface area (Å²) in [4.78, 5) is 36.9. The lowest BCUT2D eigenvalue weighted by Gasteiger charge is -2.18. The molecule has 0 saturated carbocycles. The number of anilines is 1. The largest absolute Gasteiger partial charge is 0.490 e. The number of rotatable bonds is 7. The van der Waals surface area contributed by atoms with E-state index < -0.39 is 23.9 Å². The number of hydrogen-bond donors (Lipinski definition) is 1. The number of benzene rings is 2. The van der Waals surface area contributed by atoms with E-state index in [1.165, 1.54) is 18.2 Å². The van der Waals surface area contributed by atoms with Crippen LogP contribution in [0.4, 0.5) is 5.69 Å². The van der Waals surface area contributed by atoms with Crippen LogP contribution in [0.3, 0.4) is 0 Å². The van der Waals surface area contributed by atoms with Crippen molar-refractivity contribution in [1.82, 2.24) is 5.43 Å². The summed E-state index contributed by atoms with van der Waals surface area (Å²) in [5, 5.41) is 1.20. The van der Waals surface area contributed by atoms with Gasteiger partial charge in [-0.3, -0.25) is 15.0 Å². The van der Waals surface area contributed by atoms with E-state index >= 15 is 0 Å². The molecule has 0 aliphatic carbocycles. The molecule has 9 heteroatoms. The predicted octanol–water partition coefficient (Wildman–Crippen LogP) is 3.25. The number of hydrazine groups is 1. The van der Waals surface area contributed by atoms with Crippen LogP contribution in [-0.2, 0) is 19.1 Å². The Kier molecular flexibility index (Phi) is 6.96. The first-order valence-corrected chi connectivity index (χ1v) is 10.3. The highest BCUT2D eigenvalue weighted by molar-refractivity contribution is 9.10. The summed E-state index contributed by atoms with van der Waals surface area (Å²) in [5.74, 6) is -0.845. The van der Waals surface area contributed by atoms with Crippen LogP contribution in [0, 0.1) is 0 Å². The van der Waals surface area contributed by atoms with Crippen molar-refractivity contribution in [3.05, 3.63) is 58.1 Å². The molecular formula is C22H21BrN2O6. The van der Waals surface area contributed by atoms with E-state index in [0.717, 1.165) is 0 Å². The Hall–Kier alpha value is -3.33. The Morgan fingerprint density at radius 3 is 2.58 bits per heavy atom. The molecule has 1 N–H and O–H groups in total. The third-order valence-corrected chi connectivity index (χ3v) is 4.97. The predicted molar refractivity (Wildman–Crippen MR) is 117 cm³/mol. The van der Waals surface area contributed by atoms with Crippen molar-refractivity contribution in [2.75, 3.05) is 18.7 Å². The zero-order valence-corrected chi connectivity index (χ0v) is 18.8. The normalized spacial score (nSPS) is 15.6. The van der Waals surface area contributed by atoms with E-state index in [-0.39, 0.29) is 5.57 Å². The zero-order chi connectivity index (χ0) is 22.5. The highest BCUT2D eigenvalue weighted by Crippen LogP contribution is 2.38. The molecule has 0 aromatic heterocycles. The number of para-hydroxylation sites is 1. The van der Waals surface area contributed by atoms with Crippen LogP contribution in [0.2, 0.25) is 0 Å². The monoisotopic (exact) mass is 488 g/mol. The Morgan fingerprint density at radius 2 is 1.94 bits per heavy atom. The lowest BCUT2D eigenvalue weighted by Crippen LogP contribution is -2.35. The van der Waals surface area contributed by atoms with Crippen LogP contribution in [-0.4, -0.2) is 37.6 Å². The third kappa shape index (κ3) is 4.88. The summed E-state index contributed by atoms with van der Waals surface area (Å²) in [7, 11) is 1.28. The molecule has 2 amide bonds. The maximum atomic E-state index is 12.8. The number of nitrogens with zero attached hydrogens (tertiary/aromatic N) is 1. The fraction of sp³-hybridized carbons (Fsp3) is 0.227. The summed E-state index contributed by atoms with van der Waals surface area (Å²) in [6.07, 6.45) is 0.618. The van der Waals surface area contributed by atoms with Crippen LogP contribution in [0.1, 0.15) is 19.4 Å². The summed E-state index contributed by atoms with van der Waals surface area (Å²) in [6, 6.07) is 12.1. The van der Waals surface area contributed by atoms with Gasteiger partial charge in [-0.05, 0) is 65.7 Å². The fourth-order valence-corrected chi connectivity index (χ4v) is 3.48. The number of methoxy groups -OCH3 is 1. The molecule has 2 aromatic carbocycles. The molecule has 0 spiro atoms. The first kappa shape index (κ1) is 22.4. The van der Waals surface area contributed by atoms with Gasteiger partial charge in [0.1, 0.15) is 5.57 Å². The van der Waals surface area contributed by atoms with E-state index in [0.29, 0.717) is 33.8 Å². The number of halogens is 1. The van der Waals surface area contributed by atoms with Crippen molar-refractivity contribution < 1.29 is 28.6 Å². The van der Waals surface area contributed by atoms with Crippen molar-refractivity contribution in [1.29, 1.82) is 0 Å². The molecule has 31 heavy (non-hydrogen) atoms. The lowest BCUT2D eigenvalue weighted by molar-refractivity contribution is -0.148. The number of amides is 2. The van der Waals surface area contributed by atoms with Gasteiger partial charge >= 0.3 is 5.97 Å². The minimum Gasteiger partial charge on any atom is -0.490 e. The summed E-state index contributed by atoms with van der Waals surface area (Å²) in [5.41, 5.74) is 3.64. The molecule has 1 atom stereocenters.